The molecule has 110 valence electrons. The van der Waals surface area contributed by atoms with Crippen molar-refractivity contribution in [1.82, 2.24) is 13.7 Å². The smallest absolute Gasteiger partial charge is 0.247 e. The Morgan fingerprint density at radius 3 is 1.80 bits per heavy atom. The molecule has 6 nitrogen and oxygen atoms in total. The van der Waals surface area contributed by atoms with E-state index in [2.05, 4.69) is 13.2 Å². The van der Waals surface area contributed by atoms with Crippen molar-refractivity contribution in [2.75, 3.05) is 12.0 Å². The van der Waals surface area contributed by atoms with Crippen molar-refractivity contribution in [3.8, 4) is 0 Å². The first-order chi connectivity index (χ1) is 9.58. The average Bonchev–Trinajstić information content (AvgIpc) is 2.43. The summed E-state index contributed by atoms with van der Waals surface area (Å²) in [5.74, 6) is 0.841. The summed E-state index contributed by atoms with van der Waals surface area (Å²) >= 11 is 1.64. The molecule has 0 saturated heterocycles. The number of hydrogen-bond donors (Lipinski definition) is 0. The maximum Gasteiger partial charge on any atom is 0.336 e. The normalized spacial score (nSPS) is 10.4. The fourth-order valence-electron chi connectivity index (χ4n) is 1.81. The van der Waals surface area contributed by atoms with Crippen LogP contribution in [0, 0.1) is 0 Å². The molecule has 0 aliphatic carbocycles. The van der Waals surface area contributed by atoms with E-state index in [1.54, 1.807) is 11.8 Å². The van der Waals surface area contributed by atoms with Crippen LogP contribution in [0.4, 0.5) is 0 Å². The Kier molecular flexibility index (Phi) is 6.30. The Labute approximate surface area is 121 Å². The first-order valence-corrected chi connectivity index (χ1v) is 7.63. The van der Waals surface area contributed by atoms with Gasteiger partial charge in [-0.05, 0) is 18.4 Å². The molecule has 0 N–H and O–H groups in total. The standard InChI is InChI=1S/C13H19N3O3S/c1-4-7-14-11(17)15(8-5-2)13(19)16(12(14)18)9-6-10-20-3/h4-5H,1-2,6-10H2,3H3. The highest BCUT2D eigenvalue weighted by atomic mass is 32.2. The summed E-state index contributed by atoms with van der Waals surface area (Å²) in [6.07, 6.45) is 5.56. The second-order valence-electron chi connectivity index (χ2n) is 4.14. The third kappa shape index (κ3) is 3.41. The van der Waals surface area contributed by atoms with Gasteiger partial charge in [-0.2, -0.15) is 11.8 Å². The van der Waals surface area contributed by atoms with E-state index >= 15 is 0 Å². The second kappa shape index (κ2) is 7.74. The van der Waals surface area contributed by atoms with Gasteiger partial charge in [0, 0.05) is 6.54 Å². The minimum atomic E-state index is -0.624. The van der Waals surface area contributed by atoms with Crippen molar-refractivity contribution in [3.63, 3.8) is 0 Å². The maximum absolute atomic E-state index is 12.2. The number of hydrogen-bond acceptors (Lipinski definition) is 4. The van der Waals surface area contributed by atoms with Gasteiger partial charge in [0.15, 0.2) is 0 Å². The first kappa shape index (κ1) is 16.3. The van der Waals surface area contributed by atoms with Gasteiger partial charge in [0.1, 0.15) is 0 Å². The molecule has 0 spiro atoms. The molecule has 0 unspecified atom stereocenters. The van der Waals surface area contributed by atoms with Crippen LogP contribution in [-0.4, -0.2) is 25.7 Å². The van der Waals surface area contributed by atoms with Crippen LogP contribution in [0.25, 0.3) is 0 Å². The topological polar surface area (TPSA) is 66.0 Å². The zero-order chi connectivity index (χ0) is 15.1. The lowest BCUT2D eigenvalue weighted by molar-refractivity contribution is 0.476. The van der Waals surface area contributed by atoms with Gasteiger partial charge >= 0.3 is 17.1 Å². The van der Waals surface area contributed by atoms with E-state index in [0.29, 0.717) is 13.0 Å². The summed E-state index contributed by atoms with van der Waals surface area (Å²) < 4.78 is 3.12. The maximum atomic E-state index is 12.2. The minimum Gasteiger partial charge on any atom is -0.247 e. The van der Waals surface area contributed by atoms with Crippen LogP contribution < -0.4 is 17.1 Å². The fourth-order valence-corrected chi connectivity index (χ4v) is 2.23. The van der Waals surface area contributed by atoms with Crippen molar-refractivity contribution >= 4 is 11.8 Å². The van der Waals surface area contributed by atoms with Gasteiger partial charge in [0.05, 0.1) is 13.1 Å². The van der Waals surface area contributed by atoms with Crippen molar-refractivity contribution in [2.45, 2.75) is 26.1 Å². The molecule has 7 heteroatoms. The Balaban J connectivity index is 3.45. The minimum absolute atomic E-state index is 0.0810. The van der Waals surface area contributed by atoms with Gasteiger partial charge < -0.3 is 0 Å². The molecule has 0 saturated carbocycles. The summed E-state index contributed by atoms with van der Waals surface area (Å²) in [7, 11) is 0. The molecule has 1 aromatic rings. The van der Waals surface area contributed by atoms with Crippen molar-refractivity contribution in [2.24, 2.45) is 0 Å². The van der Waals surface area contributed by atoms with Gasteiger partial charge in [0.25, 0.3) is 0 Å². The van der Waals surface area contributed by atoms with E-state index in [0.717, 1.165) is 19.5 Å². The van der Waals surface area contributed by atoms with E-state index in [-0.39, 0.29) is 13.1 Å². The van der Waals surface area contributed by atoms with Gasteiger partial charge in [-0.1, -0.05) is 12.2 Å². The molecule has 0 fully saturated rings. The third-order valence-electron chi connectivity index (χ3n) is 2.74. The zero-order valence-corrected chi connectivity index (χ0v) is 12.4. The molecule has 0 bridgehead atoms. The summed E-state index contributed by atoms with van der Waals surface area (Å²) in [4.78, 5) is 36.5. The van der Waals surface area contributed by atoms with Gasteiger partial charge in [0.2, 0.25) is 0 Å². The van der Waals surface area contributed by atoms with Crippen molar-refractivity contribution < 1.29 is 0 Å². The summed E-state index contributed by atoms with van der Waals surface area (Å²) in [5.41, 5.74) is -1.79. The lowest BCUT2D eigenvalue weighted by Crippen LogP contribution is -2.54. The van der Waals surface area contributed by atoms with Crippen molar-refractivity contribution in [1.29, 1.82) is 0 Å². The Bertz CT molecular complexity index is 606. The highest BCUT2D eigenvalue weighted by Crippen LogP contribution is 1.95. The Morgan fingerprint density at radius 1 is 0.950 bits per heavy atom. The van der Waals surface area contributed by atoms with Crippen LogP contribution >= 0.6 is 11.8 Å². The molecule has 0 radical (unpaired) electrons. The predicted molar refractivity (Wildman–Crippen MR) is 82.6 cm³/mol. The highest BCUT2D eigenvalue weighted by molar-refractivity contribution is 7.98. The quantitative estimate of drug-likeness (QED) is 0.511. The molecule has 1 aromatic heterocycles. The van der Waals surface area contributed by atoms with Gasteiger partial charge in [-0.3, -0.25) is 0 Å². The molecule has 0 aromatic carbocycles. The predicted octanol–water partition coefficient (Wildman–Crippen LogP) is 0.297. The lowest BCUT2D eigenvalue weighted by Gasteiger charge is -2.11. The monoisotopic (exact) mass is 297 g/mol. The molecular formula is C13H19N3O3S. The Hall–Kier alpha value is -1.76. The second-order valence-corrected chi connectivity index (χ2v) is 5.13. The number of aromatic nitrogens is 3. The van der Waals surface area contributed by atoms with Crippen LogP contribution in [0.1, 0.15) is 6.42 Å². The van der Waals surface area contributed by atoms with Crippen LogP contribution in [0.3, 0.4) is 0 Å². The largest absolute Gasteiger partial charge is 0.336 e. The SMILES string of the molecule is C=CCn1c(=O)n(CC=C)c(=O)n(CCCSC)c1=O. The van der Waals surface area contributed by atoms with E-state index < -0.39 is 17.1 Å². The molecule has 0 atom stereocenters. The number of allylic oxidation sites excluding steroid dienone is 2. The molecular weight excluding hydrogens is 278 g/mol. The third-order valence-corrected chi connectivity index (χ3v) is 3.44. The summed E-state index contributed by atoms with van der Waals surface area (Å²) in [6.45, 7) is 7.51. The van der Waals surface area contributed by atoms with E-state index in [1.165, 1.54) is 12.2 Å². The molecule has 0 aliphatic heterocycles. The van der Waals surface area contributed by atoms with Crippen molar-refractivity contribution in [3.05, 3.63) is 56.8 Å². The van der Waals surface area contributed by atoms with Gasteiger partial charge in [-0.25, -0.2) is 28.1 Å². The number of thioether (sulfide) groups is 1. The zero-order valence-electron chi connectivity index (χ0n) is 11.6. The van der Waals surface area contributed by atoms with E-state index in [9.17, 15) is 14.4 Å². The van der Waals surface area contributed by atoms with Crippen LogP contribution in [0.15, 0.2) is 39.7 Å². The number of rotatable bonds is 8. The van der Waals surface area contributed by atoms with Crippen LogP contribution in [0.2, 0.25) is 0 Å². The van der Waals surface area contributed by atoms with E-state index in [1.807, 2.05) is 6.26 Å². The lowest BCUT2D eigenvalue weighted by atomic mass is 10.4. The molecule has 1 rings (SSSR count). The molecule has 0 amide bonds. The molecule has 20 heavy (non-hydrogen) atoms. The van der Waals surface area contributed by atoms with E-state index in [4.69, 9.17) is 0 Å². The number of nitrogens with zero attached hydrogens (tertiary/aromatic N) is 3. The summed E-state index contributed by atoms with van der Waals surface area (Å²) in [5, 5.41) is 0. The highest BCUT2D eigenvalue weighted by Gasteiger charge is 2.13. The molecule has 1 heterocycles. The van der Waals surface area contributed by atoms with Crippen LogP contribution in [0.5, 0.6) is 0 Å². The fraction of sp³-hybridized carbons (Fsp3) is 0.462. The Morgan fingerprint density at radius 2 is 1.40 bits per heavy atom. The van der Waals surface area contributed by atoms with Gasteiger partial charge in [-0.15, -0.1) is 13.2 Å². The average molecular weight is 297 g/mol. The first-order valence-electron chi connectivity index (χ1n) is 6.23. The van der Waals surface area contributed by atoms with Crippen LogP contribution in [-0.2, 0) is 19.6 Å². The summed E-state index contributed by atoms with van der Waals surface area (Å²) in [6, 6.07) is 0. The molecule has 0 aliphatic rings.